The molecule has 18 heavy (non-hydrogen) atoms. The van der Waals surface area contributed by atoms with Crippen LogP contribution in [0.4, 0.5) is 0 Å². The molecule has 0 bridgehead atoms. The fraction of sp³-hybridized carbons (Fsp3) is 0.538. The quantitative estimate of drug-likeness (QED) is 0.749. The van der Waals surface area contributed by atoms with Gasteiger partial charge < -0.3 is 14.4 Å². The molecule has 0 amide bonds. The van der Waals surface area contributed by atoms with E-state index in [4.69, 9.17) is 9.84 Å². The summed E-state index contributed by atoms with van der Waals surface area (Å²) in [6.45, 7) is 5.88. The number of nitrogens with zero attached hydrogens (tertiary/aromatic N) is 1. The summed E-state index contributed by atoms with van der Waals surface area (Å²) in [6, 6.07) is 2.59. The number of carboxylic acids is 1. The van der Waals surface area contributed by atoms with E-state index in [1.165, 1.54) is 22.9 Å². The molecular weight excluding hydrogens is 234 g/mol. The zero-order chi connectivity index (χ0) is 13.5. The minimum atomic E-state index is -1.03. The van der Waals surface area contributed by atoms with E-state index in [1.54, 1.807) is 0 Å². The Balaban J connectivity index is 2.49. The third-order valence-corrected chi connectivity index (χ3v) is 2.37. The van der Waals surface area contributed by atoms with Gasteiger partial charge in [-0.05, 0) is 18.4 Å². The van der Waals surface area contributed by atoms with Gasteiger partial charge in [-0.15, -0.1) is 0 Å². The van der Waals surface area contributed by atoms with Crippen LogP contribution in [0.3, 0.4) is 0 Å². The number of aromatic nitrogens is 1. The lowest BCUT2D eigenvalue weighted by molar-refractivity contribution is 0.0695. The lowest BCUT2D eigenvalue weighted by Crippen LogP contribution is -2.21. The highest BCUT2D eigenvalue weighted by Crippen LogP contribution is 1.98. The fourth-order valence-electron chi connectivity index (χ4n) is 1.49. The predicted molar refractivity (Wildman–Crippen MR) is 67.9 cm³/mol. The molecule has 0 spiro atoms. The van der Waals surface area contributed by atoms with E-state index in [0.29, 0.717) is 32.1 Å². The first-order valence-electron chi connectivity index (χ1n) is 6.02. The zero-order valence-corrected chi connectivity index (χ0v) is 10.8. The Morgan fingerprint density at radius 2 is 2.17 bits per heavy atom. The van der Waals surface area contributed by atoms with Gasteiger partial charge in [-0.2, -0.15) is 0 Å². The Bertz CT molecular complexity index is 451. The minimum absolute atomic E-state index is 0.123. The Morgan fingerprint density at radius 3 is 2.78 bits per heavy atom. The lowest BCUT2D eigenvalue weighted by Gasteiger charge is -2.08. The molecule has 0 atom stereocenters. The van der Waals surface area contributed by atoms with Crippen molar-refractivity contribution in [3.05, 3.63) is 34.2 Å². The number of carboxylic acid groups (broad SMARTS) is 1. The van der Waals surface area contributed by atoms with Crippen molar-refractivity contribution in [1.29, 1.82) is 0 Å². The molecule has 0 saturated heterocycles. The summed E-state index contributed by atoms with van der Waals surface area (Å²) >= 11 is 0. The van der Waals surface area contributed by atoms with E-state index in [-0.39, 0.29) is 11.1 Å². The molecule has 0 aliphatic rings. The van der Waals surface area contributed by atoms with Gasteiger partial charge in [0.2, 0.25) is 0 Å². The van der Waals surface area contributed by atoms with Gasteiger partial charge in [-0.3, -0.25) is 4.79 Å². The van der Waals surface area contributed by atoms with Crippen LogP contribution in [0.5, 0.6) is 0 Å². The van der Waals surface area contributed by atoms with Crippen molar-refractivity contribution in [3.8, 4) is 0 Å². The molecule has 0 radical (unpaired) electrons. The molecule has 0 aromatic carbocycles. The first kappa shape index (κ1) is 14.4. The van der Waals surface area contributed by atoms with Crippen LogP contribution in [0.15, 0.2) is 23.1 Å². The van der Waals surface area contributed by atoms with E-state index >= 15 is 0 Å². The molecule has 100 valence electrons. The van der Waals surface area contributed by atoms with Crippen LogP contribution < -0.4 is 5.56 Å². The number of aromatic carboxylic acids is 1. The van der Waals surface area contributed by atoms with Crippen molar-refractivity contribution >= 4 is 5.97 Å². The van der Waals surface area contributed by atoms with Crippen molar-refractivity contribution in [2.75, 3.05) is 13.2 Å². The molecule has 1 aromatic heterocycles. The second-order valence-electron chi connectivity index (χ2n) is 4.58. The Labute approximate surface area is 106 Å². The summed E-state index contributed by atoms with van der Waals surface area (Å²) in [4.78, 5) is 22.3. The molecule has 5 heteroatoms. The number of hydrogen-bond acceptors (Lipinski definition) is 3. The smallest absolute Gasteiger partial charge is 0.337 e. The Hall–Kier alpha value is -1.62. The molecule has 0 fully saturated rings. The minimum Gasteiger partial charge on any atom is -0.478 e. The van der Waals surface area contributed by atoms with E-state index < -0.39 is 5.97 Å². The summed E-state index contributed by atoms with van der Waals surface area (Å²) in [7, 11) is 0. The molecule has 0 aliphatic heterocycles. The van der Waals surface area contributed by atoms with E-state index in [2.05, 4.69) is 13.8 Å². The van der Waals surface area contributed by atoms with E-state index in [9.17, 15) is 9.59 Å². The van der Waals surface area contributed by atoms with Gasteiger partial charge in [-0.1, -0.05) is 13.8 Å². The monoisotopic (exact) mass is 253 g/mol. The standard InChI is InChI=1S/C13H19NO4/c1-10(2)9-18-7-3-6-14-8-11(13(16)17)4-5-12(14)15/h4-5,8,10H,3,6-7,9H2,1-2H3,(H,16,17). The SMILES string of the molecule is CC(C)COCCCn1cc(C(=O)O)ccc1=O. The molecule has 1 heterocycles. The topological polar surface area (TPSA) is 68.5 Å². The van der Waals surface area contributed by atoms with Crippen LogP contribution in [0.25, 0.3) is 0 Å². The number of aryl methyl sites for hydroxylation is 1. The lowest BCUT2D eigenvalue weighted by atomic mass is 10.2. The summed E-state index contributed by atoms with van der Waals surface area (Å²) in [5, 5.41) is 8.83. The van der Waals surface area contributed by atoms with Crippen molar-refractivity contribution in [2.24, 2.45) is 5.92 Å². The number of hydrogen-bond donors (Lipinski definition) is 1. The highest BCUT2D eigenvalue weighted by Gasteiger charge is 2.04. The van der Waals surface area contributed by atoms with E-state index in [0.717, 1.165) is 0 Å². The second kappa shape index (κ2) is 6.96. The maximum Gasteiger partial charge on any atom is 0.337 e. The summed E-state index contributed by atoms with van der Waals surface area (Å²) in [6.07, 6.45) is 2.06. The zero-order valence-electron chi connectivity index (χ0n) is 10.8. The Morgan fingerprint density at radius 1 is 1.44 bits per heavy atom. The second-order valence-corrected chi connectivity index (χ2v) is 4.58. The van der Waals surface area contributed by atoms with Gasteiger partial charge in [0.15, 0.2) is 0 Å². The van der Waals surface area contributed by atoms with Crippen molar-refractivity contribution in [1.82, 2.24) is 4.57 Å². The first-order chi connectivity index (χ1) is 8.50. The van der Waals surface area contributed by atoms with Gasteiger partial charge in [-0.25, -0.2) is 4.79 Å². The van der Waals surface area contributed by atoms with Gasteiger partial charge in [0.1, 0.15) is 0 Å². The molecule has 5 nitrogen and oxygen atoms in total. The predicted octanol–water partition coefficient (Wildman–Crippen LogP) is 1.61. The number of ether oxygens (including phenoxy) is 1. The van der Waals surface area contributed by atoms with Gasteiger partial charge >= 0.3 is 5.97 Å². The summed E-state index contributed by atoms with van der Waals surface area (Å²) in [5.41, 5.74) is -0.0680. The molecule has 0 saturated carbocycles. The maximum atomic E-state index is 11.5. The van der Waals surface area contributed by atoms with Crippen LogP contribution in [-0.2, 0) is 11.3 Å². The van der Waals surface area contributed by atoms with Crippen molar-refractivity contribution in [2.45, 2.75) is 26.8 Å². The number of pyridine rings is 1. The maximum absolute atomic E-state index is 11.5. The molecule has 1 N–H and O–H groups in total. The highest BCUT2D eigenvalue weighted by atomic mass is 16.5. The molecular formula is C13H19NO4. The molecule has 0 unspecified atom stereocenters. The van der Waals surface area contributed by atoms with Crippen molar-refractivity contribution in [3.63, 3.8) is 0 Å². The van der Waals surface area contributed by atoms with Gasteiger partial charge in [0.05, 0.1) is 5.56 Å². The van der Waals surface area contributed by atoms with Crippen LogP contribution in [0, 0.1) is 5.92 Å². The molecule has 1 rings (SSSR count). The van der Waals surface area contributed by atoms with Crippen molar-refractivity contribution < 1.29 is 14.6 Å². The van der Waals surface area contributed by atoms with Gasteiger partial charge in [0, 0.05) is 32.0 Å². The summed E-state index contributed by atoms with van der Waals surface area (Å²) in [5.74, 6) is -0.539. The Kier molecular flexibility index (Phi) is 5.58. The van der Waals surface area contributed by atoms with E-state index in [1.807, 2.05) is 0 Å². The number of carbonyl (C=O) groups is 1. The normalized spacial score (nSPS) is 10.8. The van der Waals surface area contributed by atoms with Crippen LogP contribution in [0.1, 0.15) is 30.6 Å². The molecule has 1 aromatic rings. The fourth-order valence-corrected chi connectivity index (χ4v) is 1.49. The average Bonchev–Trinajstić information content (AvgIpc) is 2.30. The first-order valence-corrected chi connectivity index (χ1v) is 6.02. The number of rotatable bonds is 7. The van der Waals surface area contributed by atoms with Crippen LogP contribution >= 0.6 is 0 Å². The highest BCUT2D eigenvalue weighted by molar-refractivity contribution is 5.87. The largest absolute Gasteiger partial charge is 0.478 e. The van der Waals surface area contributed by atoms with Crippen LogP contribution in [0.2, 0.25) is 0 Å². The summed E-state index contributed by atoms with van der Waals surface area (Å²) < 4.78 is 6.81. The molecule has 0 aliphatic carbocycles. The third-order valence-electron chi connectivity index (χ3n) is 2.37. The average molecular weight is 253 g/mol. The van der Waals surface area contributed by atoms with Crippen LogP contribution in [-0.4, -0.2) is 28.9 Å². The third kappa shape index (κ3) is 4.71. The van der Waals surface area contributed by atoms with Gasteiger partial charge in [0.25, 0.3) is 5.56 Å².